The van der Waals surface area contributed by atoms with Gasteiger partial charge in [-0.3, -0.25) is 4.72 Å². The van der Waals surface area contributed by atoms with Crippen molar-refractivity contribution >= 4 is 15.7 Å². The molecule has 5 heteroatoms. The third kappa shape index (κ3) is 3.79. The largest absolute Gasteiger partial charge is 0.280 e. The molecule has 0 spiro atoms. The Balaban J connectivity index is 2.17. The molecule has 0 atom stereocenters. The van der Waals surface area contributed by atoms with Crippen LogP contribution >= 0.6 is 0 Å². The Hall–Kier alpha value is -1.88. The molecule has 0 aromatic heterocycles. The van der Waals surface area contributed by atoms with E-state index in [0.29, 0.717) is 5.56 Å². The molecular weight excluding hydrogens is 265 g/mol. The van der Waals surface area contributed by atoms with Gasteiger partial charge in [-0.15, -0.1) is 0 Å². The van der Waals surface area contributed by atoms with Crippen molar-refractivity contribution in [3.8, 4) is 0 Å². The molecule has 2 aromatic rings. The molecule has 19 heavy (non-hydrogen) atoms. The van der Waals surface area contributed by atoms with Crippen molar-refractivity contribution in [2.45, 2.75) is 12.7 Å². The zero-order chi connectivity index (χ0) is 13.9. The highest BCUT2D eigenvalue weighted by molar-refractivity contribution is 7.91. The highest BCUT2D eigenvalue weighted by Crippen LogP contribution is 2.18. The lowest BCUT2D eigenvalue weighted by Crippen LogP contribution is -2.16. The molecule has 2 aromatic carbocycles. The third-order valence-electron chi connectivity index (χ3n) is 2.59. The Morgan fingerprint density at radius 1 is 1.11 bits per heavy atom. The first-order chi connectivity index (χ1) is 8.96. The molecule has 0 saturated heterocycles. The summed E-state index contributed by atoms with van der Waals surface area (Å²) < 4.78 is 39.7. The molecule has 0 saturated carbocycles. The quantitative estimate of drug-likeness (QED) is 0.935. The van der Waals surface area contributed by atoms with Gasteiger partial charge >= 0.3 is 0 Å². The maximum absolute atomic E-state index is 13.6. The summed E-state index contributed by atoms with van der Waals surface area (Å²) in [4.78, 5) is 0. The van der Waals surface area contributed by atoms with Crippen molar-refractivity contribution < 1.29 is 12.8 Å². The molecule has 0 amide bonds. The summed E-state index contributed by atoms with van der Waals surface area (Å²) in [7, 11) is -3.61. The first kappa shape index (κ1) is 13.5. The van der Waals surface area contributed by atoms with E-state index in [0.717, 1.165) is 5.56 Å². The molecule has 0 fully saturated rings. The van der Waals surface area contributed by atoms with Gasteiger partial charge in [0.15, 0.2) is 0 Å². The Bertz CT molecular complexity index is 669. The number of hydrogen-bond acceptors (Lipinski definition) is 2. The second kappa shape index (κ2) is 5.40. The summed E-state index contributed by atoms with van der Waals surface area (Å²) >= 11 is 0. The van der Waals surface area contributed by atoms with E-state index < -0.39 is 15.8 Å². The van der Waals surface area contributed by atoms with Crippen molar-refractivity contribution in [3.05, 3.63) is 65.5 Å². The Kier molecular flexibility index (Phi) is 3.85. The van der Waals surface area contributed by atoms with Gasteiger partial charge in [0.2, 0.25) is 10.0 Å². The predicted molar refractivity (Wildman–Crippen MR) is 73.8 cm³/mol. The summed E-state index contributed by atoms with van der Waals surface area (Å²) in [6.07, 6.45) is 0. The first-order valence-corrected chi connectivity index (χ1v) is 7.42. The molecule has 0 aliphatic heterocycles. The number of benzene rings is 2. The van der Waals surface area contributed by atoms with Crippen LogP contribution in [-0.2, 0) is 15.8 Å². The van der Waals surface area contributed by atoms with Crippen molar-refractivity contribution in [2.24, 2.45) is 0 Å². The molecule has 0 bridgehead atoms. The summed E-state index contributed by atoms with van der Waals surface area (Å²) in [6.45, 7) is 1.74. The summed E-state index contributed by atoms with van der Waals surface area (Å²) in [6, 6.07) is 13.1. The smallest absolute Gasteiger partial charge is 0.237 e. The van der Waals surface area contributed by atoms with Crippen LogP contribution in [0.15, 0.2) is 48.5 Å². The molecule has 0 radical (unpaired) electrons. The average molecular weight is 279 g/mol. The number of aryl methyl sites for hydroxylation is 1. The van der Waals surface area contributed by atoms with Gasteiger partial charge in [-0.05, 0) is 30.2 Å². The summed E-state index contributed by atoms with van der Waals surface area (Å²) in [5.41, 5.74) is 1.37. The number of nitrogens with one attached hydrogen (secondary N) is 1. The standard InChI is InChI=1S/C14H14FNO2S/c1-11-7-8-14(13(15)9-11)16-19(17,18)10-12-5-3-2-4-6-12/h2-9,16H,10H2,1H3. The molecule has 100 valence electrons. The van der Waals surface area contributed by atoms with Gasteiger partial charge in [-0.25, -0.2) is 12.8 Å². The van der Waals surface area contributed by atoms with Gasteiger partial charge in [-0.2, -0.15) is 0 Å². The third-order valence-corrected chi connectivity index (χ3v) is 3.83. The Morgan fingerprint density at radius 2 is 1.79 bits per heavy atom. The maximum Gasteiger partial charge on any atom is 0.237 e. The van der Waals surface area contributed by atoms with E-state index in [4.69, 9.17) is 0 Å². The van der Waals surface area contributed by atoms with Crippen molar-refractivity contribution in [1.29, 1.82) is 0 Å². The molecule has 0 aliphatic rings. The maximum atomic E-state index is 13.6. The number of hydrogen-bond donors (Lipinski definition) is 1. The van der Waals surface area contributed by atoms with Crippen LogP contribution < -0.4 is 4.72 Å². The van der Waals surface area contributed by atoms with Gasteiger partial charge in [0.25, 0.3) is 0 Å². The number of anilines is 1. The number of halogens is 1. The van der Waals surface area contributed by atoms with Crippen LogP contribution in [0.4, 0.5) is 10.1 Å². The van der Waals surface area contributed by atoms with Gasteiger partial charge in [0.1, 0.15) is 5.82 Å². The fourth-order valence-corrected chi connectivity index (χ4v) is 2.90. The lowest BCUT2D eigenvalue weighted by Gasteiger charge is -2.09. The van der Waals surface area contributed by atoms with E-state index >= 15 is 0 Å². The monoisotopic (exact) mass is 279 g/mol. The second-order valence-corrected chi connectivity index (χ2v) is 6.05. The topological polar surface area (TPSA) is 46.2 Å². The highest BCUT2D eigenvalue weighted by Gasteiger charge is 2.14. The Morgan fingerprint density at radius 3 is 2.42 bits per heavy atom. The lowest BCUT2D eigenvalue weighted by molar-refractivity contribution is 0.597. The van der Waals surface area contributed by atoms with Crippen LogP contribution in [0, 0.1) is 12.7 Å². The minimum absolute atomic E-state index is 0.0264. The van der Waals surface area contributed by atoms with Crippen LogP contribution in [0.1, 0.15) is 11.1 Å². The van der Waals surface area contributed by atoms with E-state index in [2.05, 4.69) is 4.72 Å². The molecule has 0 unspecified atom stereocenters. The molecule has 2 rings (SSSR count). The molecule has 0 aliphatic carbocycles. The van der Waals surface area contributed by atoms with Gasteiger partial charge in [-0.1, -0.05) is 36.4 Å². The van der Waals surface area contributed by atoms with E-state index in [1.54, 1.807) is 37.3 Å². The van der Waals surface area contributed by atoms with Crippen molar-refractivity contribution in [3.63, 3.8) is 0 Å². The fraction of sp³-hybridized carbons (Fsp3) is 0.143. The van der Waals surface area contributed by atoms with Gasteiger partial charge < -0.3 is 0 Å². The Labute approximate surface area is 112 Å². The van der Waals surface area contributed by atoms with Crippen molar-refractivity contribution in [2.75, 3.05) is 4.72 Å². The van der Waals surface area contributed by atoms with Crippen molar-refractivity contribution in [1.82, 2.24) is 0 Å². The summed E-state index contributed by atoms with van der Waals surface area (Å²) in [5, 5.41) is 0. The SMILES string of the molecule is Cc1ccc(NS(=O)(=O)Cc2ccccc2)c(F)c1. The summed E-state index contributed by atoms with van der Waals surface area (Å²) in [5.74, 6) is -0.752. The number of rotatable bonds is 4. The zero-order valence-corrected chi connectivity index (χ0v) is 11.2. The normalized spacial score (nSPS) is 11.3. The zero-order valence-electron chi connectivity index (χ0n) is 10.4. The van der Waals surface area contributed by atoms with Crippen LogP contribution in [0.25, 0.3) is 0 Å². The predicted octanol–water partition coefficient (Wildman–Crippen LogP) is 3.08. The minimum atomic E-state index is -3.61. The number of sulfonamides is 1. The molecular formula is C14H14FNO2S. The van der Waals surface area contributed by atoms with Gasteiger partial charge in [0.05, 0.1) is 11.4 Å². The second-order valence-electron chi connectivity index (χ2n) is 4.33. The van der Waals surface area contributed by atoms with Crippen LogP contribution in [-0.4, -0.2) is 8.42 Å². The van der Waals surface area contributed by atoms with E-state index in [-0.39, 0.29) is 11.4 Å². The van der Waals surface area contributed by atoms with E-state index in [1.807, 2.05) is 6.07 Å². The van der Waals surface area contributed by atoms with E-state index in [1.165, 1.54) is 12.1 Å². The molecule has 0 heterocycles. The average Bonchev–Trinajstić information content (AvgIpc) is 2.33. The molecule has 1 N–H and O–H groups in total. The van der Waals surface area contributed by atoms with Crippen LogP contribution in [0.3, 0.4) is 0 Å². The van der Waals surface area contributed by atoms with E-state index in [9.17, 15) is 12.8 Å². The molecule has 3 nitrogen and oxygen atoms in total. The first-order valence-electron chi connectivity index (χ1n) is 5.77. The lowest BCUT2D eigenvalue weighted by atomic mass is 10.2. The fourth-order valence-electron chi connectivity index (χ4n) is 1.70. The van der Waals surface area contributed by atoms with Crippen LogP contribution in [0.2, 0.25) is 0 Å². The highest BCUT2D eigenvalue weighted by atomic mass is 32.2. The minimum Gasteiger partial charge on any atom is -0.280 e. The van der Waals surface area contributed by atoms with Crippen LogP contribution in [0.5, 0.6) is 0 Å². The van der Waals surface area contributed by atoms with Gasteiger partial charge in [0, 0.05) is 0 Å².